The molecule has 2 aliphatic heterocycles. The Morgan fingerprint density at radius 2 is 1.71 bits per heavy atom. The molecule has 8 nitrogen and oxygen atoms in total. The summed E-state index contributed by atoms with van der Waals surface area (Å²) < 4.78 is 5.47. The summed E-state index contributed by atoms with van der Waals surface area (Å²) in [6.45, 7) is 10.7. The maximum absolute atomic E-state index is 12.2. The predicted molar refractivity (Wildman–Crippen MR) is 107 cm³/mol. The van der Waals surface area contributed by atoms with Crippen LogP contribution in [0.3, 0.4) is 0 Å². The van der Waals surface area contributed by atoms with E-state index in [0.717, 1.165) is 44.8 Å². The first-order valence-electron chi connectivity index (χ1n) is 9.96. The predicted octanol–water partition coefficient (Wildman–Crippen LogP) is 1.70. The van der Waals surface area contributed by atoms with Crippen LogP contribution in [0.2, 0.25) is 0 Å². The van der Waals surface area contributed by atoms with E-state index in [-0.39, 0.29) is 6.09 Å². The van der Waals surface area contributed by atoms with Gasteiger partial charge in [0.15, 0.2) is 0 Å². The second-order valence-corrected chi connectivity index (χ2v) is 8.49. The SMILES string of the molecule is CC(C)(C)OC(=O)N1CCN(C2CCN(c3ccc(C(N)=O)cn3)CC2)CC1. The van der Waals surface area contributed by atoms with Gasteiger partial charge in [-0.3, -0.25) is 9.69 Å². The molecule has 1 aromatic heterocycles. The van der Waals surface area contributed by atoms with Crippen molar-refractivity contribution in [2.45, 2.75) is 45.3 Å². The van der Waals surface area contributed by atoms with Crippen molar-refractivity contribution < 1.29 is 14.3 Å². The fourth-order valence-electron chi connectivity index (χ4n) is 3.78. The zero-order valence-electron chi connectivity index (χ0n) is 17.1. The number of piperidine rings is 1. The number of primary amides is 1. The van der Waals surface area contributed by atoms with Gasteiger partial charge in [0.25, 0.3) is 0 Å². The van der Waals surface area contributed by atoms with Gasteiger partial charge in [-0.25, -0.2) is 9.78 Å². The summed E-state index contributed by atoms with van der Waals surface area (Å²) in [6, 6.07) is 4.12. The molecule has 0 aromatic carbocycles. The van der Waals surface area contributed by atoms with E-state index < -0.39 is 11.5 Å². The summed E-state index contributed by atoms with van der Waals surface area (Å²) in [5.41, 5.74) is 5.25. The highest BCUT2D eigenvalue weighted by atomic mass is 16.6. The van der Waals surface area contributed by atoms with Gasteiger partial charge < -0.3 is 20.3 Å². The zero-order valence-corrected chi connectivity index (χ0v) is 17.1. The van der Waals surface area contributed by atoms with Crippen LogP contribution < -0.4 is 10.6 Å². The van der Waals surface area contributed by atoms with Gasteiger partial charge in [0.05, 0.1) is 5.56 Å². The summed E-state index contributed by atoms with van der Waals surface area (Å²) >= 11 is 0. The standard InChI is InChI=1S/C20H31N5O3/c1-20(2,3)28-19(27)25-12-10-23(11-13-25)16-6-8-24(9-7-16)17-5-4-15(14-22-17)18(21)26/h4-5,14,16H,6-13H2,1-3H3,(H2,21,26). The van der Waals surface area contributed by atoms with E-state index in [1.54, 1.807) is 17.2 Å². The van der Waals surface area contributed by atoms with E-state index in [1.165, 1.54) is 0 Å². The van der Waals surface area contributed by atoms with Crippen LogP contribution in [-0.4, -0.2) is 77.7 Å². The van der Waals surface area contributed by atoms with Crippen LogP contribution in [0, 0.1) is 0 Å². The molecule has 0 bridgehead atoms. The number of nitrogens with two attached hydrogens (primary N) is 1. The minimum Gasteiger partial charge on any atom is -0.444 e. The molecule has 2 aliphatic rings. The number of piperazine rings is 1. The molecule has 0 aliphatic carbocycles. The van der Waals surface area contributed by atoms with Crippen molar-refractivity contribution in [1.29, 1.82) is 0 Å². The number of rotatable bonds is 3. The van der Waals surface area contributed by atoms with Crippen LogP contribution in [0.1, 0.15) is 44.0 Å². The lowest BCUT2D eigenvalue weighted by atomic mass is 10.0. The van der Waals surface area contributed by atoms with Crippen molar-refractivity contribution in [2.24, 2.45) is 5.73 Å². The Morgan fingerprint density at radius 3 is 2.21 bits per heavy atom. The van der Waals surface area contributed by atoms with E-state index in [0.29, 0.717) is 24.7 Å². The van der Waals surface area contributed by atoms with E-state index in [1.807, 2.05) is 26.8 Å². The highest BCUT2D eigenvalue weighted by Crippen LogP contribution is 2.22. The summed E-state index contributed by atoms with van der Waals surface area (Å²) in [5.74, 6) is 0.432. The minimum atomic E-state index is -0.455. The summed E-state index contributed by atoms with van der Waals surface area (Å²) in [7, 11) is 0. The third-order valence-corrected chi connectivity index (χ3v) is 5.30. The van der Waals surface area contributed by atoms with Gasteiger partial charge in [-0.15, -0.1) is 0 Å². The molecule has 2 saturated heterocycles. The van der Waals surface area contributed by atoms with Crippen molar-refractivity contribution in [3.05, 3.63) is 23.9 Å². The number of nitrogens with zero attached hydrogens (tertiary/aromatic N) is 4. The molecular formula is C20H31N5O3. The number of anilines is 1. The highest BCUT2D eigenvalue weighted by Gasteiger charge is 2.30. The minimum absolute atomic E-state index is 0.215. The first-order valence-corrected chi connectivity index (χ1v) is 9.96. The largest absolute Gasteiger partial charge is 0.444 e. The van der Waals surface area contributed by atoms with Gasteiger partial charge in [0, 0.05) is 51.5 Å². The molecule has 154 valence electrons. The quantitative estimate of drug-likeness (QED) is 0.846. The van der Waals surface area contributed by atoms with Crippen molar-refractivity contribution in [3.63, 3.8) is 0 Å². The Morgan fingerprint density at radius 1 is 1.07 bits per heavy atom. The third kappa shape index (κ3) is 5.13. The fraction of sp³-hybridized carbons (Fsp3) is 0.650. The van der Waals surface area contributed by atoms with Crippen LogP contribution in [0.4, 0.5) is 10.6 Å². The van der Waals surface area contributed by atoms with Crippen LogP contribution in [0.5, 0.6) is 0 Å². The van der Waals surface area contributed by atoms with Gasteiger partial charge in [-0.1, -0.05) is 0 Å². The molecule has 0 unspecified atom stereocenters. The molecule has 0 spiro atoms. The Labute approximate surface area is 166 Å². The smallest absolute Gasteiger partial charge is 0.410 e. The number of hydrogen-bond acceptors (Lipinski definition) is 6. The summed E-state index contributed by atoms with van der Waals surface area (Å²) in [4.78, 5) is 34.3. The molecule has 0 radical (unpaired) electrons. The lowest BCUT2D eigenvalue weighted by Gasteiger charge is -2.43. The molecule has 28 heavy (non-hydrogen) atoms. The molecule has 0 atom stereocenters. The Kier molecular flexibility index (Phi) is 6.07. The number of carbonyl (C=O) groups is 2. The van der Waals surface area contributed by atoms with E-state index in [2.05, 4.69) is 14.8 Å². The zero-order chi connectivity index (χ0) is 20.3. The number of hydrogen-bond donors (Lipinski definition) is 1. The monoisotopic (exact) mass is 389 g/mol. The Balaban J connectivity index is 1.46. The molecule has 0 saturated carbocycles. The maximum Gasteiger partial charge on any atom is 0.410 e. The van der Waals surface area contributed by atoms with Crippen LogP contribution in [0.25, 0.3) is 0 Å². The second-order valence-electron chi connectivity index (χ2n) is 8.49. The lowest BCUT2D eigenvalue weighted by Crippen LogP contribution is -2.55. The Hall–Kier alpha value is -2.35. The molecule has 2 fully saturated rings. The van der Waals surface area contributed by atoms with E-state index in [4.69, 9.17) is 10.5 Å². The fourth-order valence-corrected chi connectivity index (χ4v) is 3.78. The molecule has 3 rings (SSSR count). The first kappa shape index (κ1) is 20.4. The van der Waals surface area contributed by atoms with Crippen molar-refractivity contribution >= 4 is 17.8 Å². The molecule has 2 N–H and O–H groups in total. The number of carbonyl (C=O) groups excluding carboxylic acids is 2. The van der Waals surface area contributed by atoms with Crippen molar-refractivity contribution in [3.8, 4) is 0 Å². The molecule has 8 heteroatoms. The number of amides is 2. The number of ether oxygens (including phenoxy) is 1. The van der Waals surface area contributed by atoms with E-state index in [9.17, 15) is 9.59 Å². The van der Waals surface area contributed by atoms with E-state index >= 15 is 0 Å². The van der Waals surface area contributed by atoms with Gasteiger partial charge in [-0.2, -0.15) is 0 Å². The molecular weight excluding hydrogens is 358 g/mol. The highest BCUT2D eigenvalue weighted by molar-refractivity contribution is 5.92. The first-order chi connectivity index (χ1) is 13.2. The van der Waals surface area contributed by atoms with Gasteiger partial charge >= 0.3 is 6.09 Å². The van der Waals surface area contributed by atoms with Gasteiger partial charge in [0.2, 0.25) is 5.91 Å². The molecule has 3 heterocycles. The van der Waals surface area contributed by atoms with Gasteiger partial charge in [-0.05, 0) is 45.7 Å². The lowest BCUT2D eigenvalue weighted by molar-refractivity contribution is 0.00900. The maximum atomic E-state index is 12.2. The number of pyridine rings is 1. The topological polar surface area (TPSA) is 92.0 Å². The average molecular weight is 390 g/mol. The summed E-state index contributed by atoms with van der Waals surface area (Å²) in [5, 5.41) is 0. The van der Waals surface area contributed by atoms with Crippen LogP contribution in [0.15, 0.2) is 18.3 Å². The van der Waals surface area contributed by atoms with Crippen LogP contribution >= 0.6 is 0 Å². The average Bonchev–Trinajstić information content (AvgIpc) is 2.67. The van der Waals surface area contributed by atoms with Crippen LogP contribution in [-0.2, 0) is 4.74 Å². The molecule has 1 aromatic rings. The van der Waals surface area contributed by atoms with Crippen molar-refractivity contribution in [2.75, 3.05) is 44.2 Å². The normalized spacial score (nSPS) is 19.5. The van der Waals surface area contributed by atoms with Crippen molar-refractivity contribution in [1.82, 2.24) is 14.8 Å². The molecule has 2 amide bonds. The second kappa shape index (κ2) is 8.34. The Bertz CT molecular complexity index is 685. The number of aromatic nitrogens is 1. The summed E-state index contributed by atoms with van der Waals surface area (Å²) in [6.07, 6.45) is 3.45. The third-order valence-electron chi connectivity index (χ3n) is 5.30. The van der Waals surface area contributed by atoms with Gasteiger partial charge in [0.1, 0.15) is 11.4 Å².